The van der Waals surface area contributed by atoms with Crippen molar-refractivity contribution in [2.24, 2.45) is 0 Å². The van der Waals surface area contributed by atoms with Crippen LogP contribution in [0.5, 0.6) is 5.75 Å². The van der Waals surface area contributed by atoms with Crippen molar-refractivity contribution in [3.8, 4) is 17.2 Å². The highest BCUT2D eigenvalue weighted by molar-refractivity contribution is 5.52. The maximum atomic E-state index is 10.9. The van der Waals surface area contributed by atoms with Gasteiger partial charge in [-0.15, -0.1) is 0 Å². The lowest BCUT2D eigenvalue weighted by Gasteiger charge is -2.10. The molecular weight excluding hydrogens is 300 g/mol. The fourth-order valence-corrected chi connectivity index (χ4v) is 1.95. The molecule has 2 aromatic heterocycles. The van der Waals surface area contributed by atoms with Gasteiger partial charge in [-0.25, -0.2) is 0 Å². The summed E-state index contributed by atoms with van der Waals surface area (Å²) in [6, 6.07) is 12.3. The van der Waals surface area contributed by atoms with E-state index in [-0.39, 0.29) is 11.6 Å². The predicted octanol–water partition coefficient (Wildman–Crippen LogP) is 3.18. The lowest BCUT2D eigenvalue weighted by Crippen LogP contribution is -2.07. The van der Waals surface area contributed by atoms with Crippen LogP contribution >= 0.6 is 0 Å². The fourth-order valence-electron chi connectivity index (χ4n) is 1.95. The second-order valence-electron chi connectivity index (χ2n) is 4.67. The summed E-state index contributed by atoms with van der Waals surface area (Å²) in [6.45, 7) is 1.68. The molecule has 0 aliphatic rings. The molecular formula is C15H12N4O4. The van der Waals surface area contributed by atoms with Crippen LogP contribution in [0.25, 0.3) is 11.5 Å². The highest BCUT2D eigenvalue weighted by Crippen LogP contribution is 2.28. The molecule has 0 radical (unpaired) electrons. The molecule has 3 aromatic rings. The Morgan fingerprint density at radius 2 is 2.00 bits per heavy atom. The Labute approximate surface area is 130 Å². The number of pyridine rings is 1. The smallest absolute Gasteiger partial charge is 0.406 e. The first-order valence-electron chi connectivity index (χ1n) is 6.80. The molecule has 8 nitrogen and oxygen atoms in total. The van der Waals surface area contributed by atoms with Crippen LogP contribution in [0, 0.1) is 10.1 Å². The van der Waals surface area contributed by atoms with Crippen LogP contribution in [-0.4, -0.2) is 20.0 Å². The van der Waals surface area contributed by atoms with Crippen LogP contribution in [0.4, 0.5) is 5.82 Å². The minimum absolute atomic E-state index is 0.0519. The zero-order valence-corrected chi connectivity index (χ0v) is 12.1. The van der Waals surface area contributed by atoms with E-state index in [1.54, 1.807) is 13.0 Å². The number of aromatic nitrogens is 3. The lowest BCUT2D eigenvalue weighted by molar-refractivity contribution is -0.390. The first-order chi connectivity index (χ1) is 11.1. The van der Waals surface area contributed by atoms with Crippen molar-refractivity contribution >= 4 is 5.82 Å². The molecule has 0 amide bonds. The number of rotatable bonds is 5. The molecule has 116 valence electrons. The SMILES string of the molecule is C[C@H](Oc1cccnc1[N+](=O)[O-])c1noc(-c2ccccc2)n1. The van der Waals surface area contributed by atoms with Gasteiger partial charge in [0.05, 0.1) is 0 Å². The van der Waals surface area contributed by atoms with E-state index in [1.807, 2.05) is 30.3 Å². The Hall–Kier alpha value is -3.29. The summed E-state index contributed by atoms with van der Waals surface area (Å²) in [6.07, 6.45) is 0.705. The molecule has 0 unspecified atom stereocenters. The van der Waals surface area contributed by atoms with Gasteiger partial charge in [0.15, 0.2) is 6.10 Å². The topological polar surface area (TPSA) is 104 Å². The third-order valence-corrected chi connectivity index (χ3v) is 3.05. The first-order valence-corrected chi connectivity index (χ1v) is 6.80. The Bertz CT molecular complexity index is 819. The summed E-state index contributed by atoms with van der Waals surface area (Å²) in [5.74, 6) is 0.348. The van der Waals surface area contributed by atoms with Crippen molar-refractivity contribution < 1.29 is 14.2 Å². The third kappa shape index (κ3) is 3.15. The van der Waals surface area contributed by atoms with Gasteiger partial charge >= 0.3 is 5.82 Å². The number of hydrogen-bond acceptors (Lipinski definition) is 7. The first kappa shape index (κ1) is 14.6. The van der Waals surface area contributed by atoms with E-state index < -0.39 is 11.0 Å². The van der Waals surface area contributed by atoms with E-state index in [4.69, 9.17) is 9.26 Å². The summed E-state index contributed by atoms with van der Waals surface area (Å²) in [7, 11) is 0. The lowest BCUT2D eigenvalue weighted by atomic mass is 10.2. The van der Waals surface area contributed by atoms with Crippen LogP contribution in [0.3, 0.4) is 0 Å². The standard InChI is InChI=1S/C15H12N4O4/c1-10(22-12-8-5-9-16-14(12)19(20)21)13-17-15(23-18-13)11-6-3-2-4-7-11/h2-10H,1H3/t10-/m0/s1. The molecule has 0 fully saturated rings. The number of nitrogens with zero attached hydrogens (tertiary/aromatic N) is 4. The van der Waals surface area contributed by atoms with E-state index >= 15 is 0 Å². The molecule has 0 saturated carbocycles. The van der Waals surface area contributed by atoms with Gasteiger partial charge in [-0.2, -0.15) is 4.98 Å². The average molecular weight is 312 g/mol. The van der Waals surface area contributed by atoms with Crippen molar-refractivity contribution in [1.29, 1.82) is 0 Å². The summed E-state index contributed by atoms with van der Waals surface area (Å²) >= 11 is 0. The van der Waals surface area contributed by atoms with Gasteiger partial charge in [0.1, 0.15) is 6.20 Å². The molecule has 0 bridgehead atoms. The van der Waals surface area contributed by atoms with Gasteiger partial charge in [-0.3, -0.25) is 0 Å². The highest BCUT2D eigenvalue weighted by Gasteiger charge is 2.22. The van der Waals surface area contributed by atoms with Crippen LogP contribution < -0.4 is 4.74 Å². The van der Waals surface area contributed by atoms with Crippen molar-refractivity contribution in [2.45, 2.75) is 13.0 Å². The Morgan fingerprint density at radius 1 is 1.22 bits per heavy atom. The molecule has 0 spiro atoms. The summed E-state index contributed by atoms with van der Waals surface area (Å²) in [4.78, 5) is 18.3. The maximum absolute atomic E-state index is 10.9. The van der Waals surface area contributed by atoms with E-state index in [1.165, 1.54) is 12.3 Å². The molecule has 23 heavy (non-hydrogen) atoms. The van der Waals surface area contributed by atoms with E-state index in [0.717, 1.165) is 5.56 Å². The van der Waals surface area contributed by atoms with Gasteiger partial charge in [-0.05, 0) is 41.1 Å². The van der Waals surface area contributed by atoms with Crippen molar-refractivity contribution in [1.82, 2.24) is 15.1 Å². The van der Waals surface area contributed by atoms with Gasteiger partial charge in [0.25, 0.3) is 5.89 Å². The fraction of sp³-hybridized carbons (Fsp3) is 0.133. The number of nitro groups is 1. The minimum Gasteiger partial charge on any atom is -0.474 e. The predicted molar refractivity (Wildman–Crippen MR) is 79.7 cm³/mol. The number of hydrogen-bond donors (Lipinski definition) is 0. The van der Waals surface area contributed by atoms with Crippen molar-refractivity contribution in [3.63, 3.8) is 0 Å². The molecule has 1 atom stereocenters. The molecule has 0 aliphatic carbocycles. The zero-order valence-electron chi connectivity index (χ0n) is 12.1. The van der Waals surface area contributed by atoms with Gasteiger partial charge in [0, 0.05) is 5.56 Å². The van der Waals surface area contributed by atoms with Crippen LogP contribution in [0.1, 0.15) is 18.9 Å². The molecule has 3 rings (SSSR count). The molecule has 2 heterocycles. The number of benzene rings is 1. The Kier molecular flexibility index (Phi) is 3.96. The number of ether oxygens (including phenoxy) is 1. The Morgan fingerprint density at radius 3 is 2.74 bits per heavy atom. The highest BCUT2D eigenvalue weighted by atomic mass is 16.6. The Balaban J connectivity index is 1.81. The second kappa shape index (κ2) is 6.22. The van der Waals surface area contributed by atoms with E-state index in [9.17, 15) is 10.1 Å². The van der Waals surface area contributed by atoms with E-state index in [0.29, 0.717) is 11.7 Å². The van der Waals surface area contributed by atoms with Crippen LogP contribution in [0.2, 0.25) is 0 Å². The monoisotopic (exact) mass is 312 g/mol. The zero-order chi connectivity index (χ0) is 16.2. The molecule has 0 N–H and O–H groups in total. The van der Waals surface area contributed by atoms with Crippen LogP contribution in [-0.2, 0) is 0 Å². The van der Waals surface area contributed by atoms with Crippen molar-refractivity contribution in [3.05, 3.63) is 64.6 Å². The summed E-state index contributed by atoms with van der Waals surface area (Å²) in [5.41, 5.74) is 0.783. The van der Waals surface area contributed by atoms with Gasteiger partial charge < -0.3 is 19.4 Å². The maximum Gasteiger partial charge on any atom is 0.406 e. The van der Waals surface area contributed by atoms with E-state index in [2.05, 4.69) is 15.1 Å². The molecule has 0 aliphatic heterocycles. The van der Waals surface area contributed by atoms with Crippen LogP contribution in [0.15, 0.2) is 53.2 Å². The third-order valence-electron chi connectivity index (χ3n) is 3.05. The minimum atomic E-state index is -0.626. The van der Waals surface area contributed by atoms with Crippen molar-refractivity contribution in [2.75, 3.05) is 0 Å². The molecule has 0 saturated heterocycles. The largest absolute Gasteiger partial charge is 0.474 e. The second-order valence-corrected chi connectivity index (χ2v) is 4.67. The molecule has 1 aromatic carbocycles. The van der Waals surface area contributed by atoms with Gasteiger partial charge in [0.2, 0.25) is 11.6 Å². The summed E-state index contributed by atoms with van der Waals surface area (Å²) in [5, 5.41) is 14.8. The molecule has 8 heteroatoms. The quantitative estimate of drug-likeness (QED) is 0.526. The summed E-state index contributed by atoms with van der Waals surface area (Å²) < 4.78 is 10.7. The average Bonchev–Trinajstić information content (AvgIpc) is 3.06. The normalized spacial score (nSPS) is 11.9. The van der Waals surface area contributed by atoms with Gasteiger partial charge in [-0.1, -0.05) is 23.4 Å².